The Bertz CT molecular complexity index is 5060. The topological polar surface area (TPSA) is 173 Å². The van der Waals surface area contributed by atoms with E-state index in [0.717, 1.165) is 127 Å². The molecule has 8 aliphatic rings. The van der Waals surface area contributed by atoms with Gasteiger partial charge in [-0.05, 0) is 92.9 Å². The molecule has 10 nitrogen and oxygen atoms in total. The normalized spacial score (nSPS) is 16.0. The third kappa shape index (κ3) is 59.5. The second-order valence-electron chi connectivity index (χ2n) is 22.3. The van der Waals surface area contributed by atoms with Crippen molar-refractivity contribution in [3.8, 4) is 30.3 Å². The molecule has 1 saturated heterocycles. The first-order chi connectivity index (χ1) is 65.7. The molecule has 0 aromatic carbocycles. The first-order valence-corrected chi connectivity index (χ1v) is 77.1. The van der Waals surface area contributed by atoms with E-state index in [1.807, 2.05) is 182 Å². The van der Waals surface area contributed by atoms with Gasteiger partial charge in [0, 0.05) is 203 Å². The molecule has 0 saturated carbocycles. The monoisotopic (exact) mass is 2850 g/mol. The van der Waals surface area contributed by atoms with Crippen molar-refractivity contribution in [3.05, 3.63) is 149 Å². The fraction of sp³-hybridized carbons (Fsp3) is 0.395. The van der Waals surface area contributed by atoms with E-state index in [0.29, 0.717) is 32.1 Å². The molecule has 137 heavy (non-hydrogen) atoms. The number of rotatable bonds is 36. The van der Waals surface area contributed by atoms with Crippen LogP contribution in [0.1, 0.15) is 44.9 Å². The Labute approximate surface area is 1050 Å². The number of halogens is 1. The number of thiol groups is 7. The van der Waals surface area contributed by atoms with E-state index in [-0.39, 0.29) is 19.5 Å². The molecule has 12 rings (SSSR count). The second-order valence-corrected chi connectivity index (χ2v) is 73.2. The van der Waals surface area contributed by atoms with E-state index in [1.165, 1.54) is 164 Å². The van der Waals surface area contributed by atoms with Crippen molar-refractivity contribution < 1.29 is 42.6 Å². The van der Waals surface area contributed by atoms with Gasteiger partial charge in [0.05, 0.1) is 98.0 Å². The van der Waals surface area contributed by atoms with Crippen molar-refractivity contribution in [2.45, 2.75) is 78.6 Å². The Morgan fingerprint density at radius 2 is 0.606 bits per heavy atom. The first kappa shape index (κ1) is 141. The molecule has 4 aromatic rings. The van der Waals surface area contributed by atoms with Crippen LogP contribution in [0.5, 0.6) is 0 Å². The smallest absolute Gasteiger partial charge is 0.331 e. The van der Waals surface area contributed by atoms with E-state index >= 15 is 0 Å². The van der Waals surface area contributed by atoms with E-state index in [1.54, 1.807) is 190 Å². The van der Waals surface area contributed by atoms with Gasteiger partial charge in [0.25, 0.3) is 0 Å². The number of carbonyl (C=O) groups excluding carboxylic acids is 1. The summed E-state index contributed by atoms with van der Waals surface area (Å²) in [4.78, 5) is 19.3. The maximum atomic E-state index is 10.2. The zero-order valence-electron chi connectivity index (χ0n) is 72.9. The van der Waals surface area contributed by atoms with Gasteiger partial charge in [-0.2, -0.15) is 115 Å². The Morgan fingerprint density at radius 1 is 0.358 bits per heavy atom. The molecular weight excluding hydrogens is 2780 g/mol. The molecule has 0 radical (unpaired) electrons. The number of nitrogens with zero attached hydrogens (tertiary/aromatic N) is 5. The minimum atomic E-state index is -1.05. The quantitative estimate of drug-likeness (QED) is 0.00196. The van der Waals surface area contributed by atoms with Crippen molar-refractivity contribution >= 4 is 603 Å². The van der Waals surface area contributed by atoms with Gasteiger partial charge in [0.1, 0.15) is 12.6 Å². The number of carbonyl (C=O) groups is 1. The molecule has 0 N–H and O–H groups in total. The fourth-order valence-electron chi connectivity index (χ4n) is 7.95. The van der Waals surface area contributed by atoms with E-state index in [9.17, 15) is 4.79 Å². The summed E-state index contributed by atoms with van der Waals surface area (Å²) < 4.78 is 49.2. The standard InChI is InChI=1S/C23H24S16.C14H15NS8.C9H8N2S5.C7H7NS5.C7H8OS4.C4H8O.C3H4BrN.C3H9O3P.2C3H2S5.Zn/c1-27-20-21(28-2)37-17(36-20)7-5-16-34-14(10-26)19(35-16)30-11-31-23-22(29-3)38-18(39-23)6-4-15-32-12(8-24)13(9-25)33-15;1-18-13-14(19-6-2-5-15)23-12(22-13)4-3-11-20-9(7-16)10(8-17)21-11;10-3-1-5-13-7-8(14-6-2-4-11)16-9(12)15-7;1-10-5-6(11-4-2-3-8)13-7(9)12-5;8-2-1-7-11-5(3-9)6(4-10)12-7;1-2-4-5-3-1;4-2-1-3-5;1-4-7(5-2)6-3;2*4-1-2(5)8-3(6)7-1;/h4-7,24-26H,8-11H2,1-3H3;3-4,16-17H,2,6-8H2,1H3;1-2,5-6H2;2,4H2,1H3;1-2,9-10H,3-4H2;1-4H2;1-2H2;1-3H3;2*4-5H;/p-4. The Morgan fingerprint density at radius 3 is 0.854 bits per heavy atom. The first-order valence-electron chi connectivity index (χ1n) is 37.2. The number of aldehydes is 1. The van der Waals surface area contributed by atoms with Crippen LogP contribution in [0.3, 0.4) is 0 Å². The van der Waals surface area contributed by atoms with E-state index in [2.05, 4.69) is 210 Å². The van der Waals surface area contributed by atoms with Crippen molar-refractivity contribution in [1.82, 2.24) is 0 Å². The van der Waals surface area contributed by atoms with Crippen LogP contribution in [0, 0.1) is 69.2 Å². The third-order valence-electron chi connectivity index (χ3n) is 13.5. The van der Waals surface area contributed by atoms with Crippen LogP contribution in [0.25, 0.3) is 0 Å². The molecule has 8 aliphatic heterocycles. The van der Waals surface area contributed by atoms with Crippen molar-refractivity contribution in [2.75, 3.05) is 140 Å². The van der Waals surface area contributed by atoms with Gasteiger partial charge in [-0.3, -0.25) is 4.79 Å². The van der Waals surface area contributed by atoms with Gasteiger partial charge in [0.15, 0.2) is 0 Å². The van der Waals surface area contributed by atoms with Crippen LogP contribution in [-0.4, -0.2) is 146 Å². The fourth-order valence-corrected chi connectivity index (χ4v) is 56.7. The van der Waals surface area contributed by atoms with Crippen LogP contribution < -0.4 is 0 Å². The number of ether oxygens (including phenoxy) is 1. The van der Waals surface area contributed by atoms with E-state index in [4.69, 9.17) is 130 Å². The van der Waals surface area contributed by atoms with E-state index < -0.39 is 8.60 Å². The Hall–Kier alpha value is 8.01. The van der Waals surface area contributed by atoms with Crippen molar-refractivity contribution in [2.24, 2.45) is 0 Å². The average molecular weight is 2860 g/mol. The molecule has 0 amide bonds. The predicted molar refractivity (Wildman–Crippen MR) is 713 cm³/mol. The van der Waals surface area contributed by atoms with Crippen LogP contribution >= 0.6 is 547 Å². The molecule has 1 fully saturated rings. The van der Waals surface area contributed by atoms with Gasteiger partial charge in [-0.1, -0.05) is 205 Å². The summed E-state index contributed by atoms with van der Waals surface area (Å²) in [5, 5.41) is 43.6. The zero-order valence-corrected chi connectivity index (χ0v) is 118. The summed E-state index contributed by atoms with van der Waals surface area (Å²) >= 11 is 131. The molecule has 61 heteroatoms. The minimum Gasteiger partial charge on any atom is -0.429 e. The van der Waals surface area contributed by atoms with Crippen LogP contribution in [0.4, 0.5) is 0 Å². The van der Waals surface area contributed by atoms with Crippen molar-refractivity contribution in [3.63, 3.8) is 0 Å². The molecule has 748 valence electrons. The predicted octanol–water partition coefficient (Wildman–Crippen LogP) is 39.4. The number of nitriles is 5. The number of thioether (sulfide) groups is 25. The van der Waals surface area contributed by atoms with Crippen molar-refractivity contribution in [1.29, 1.82) is 26.3 Å². The summed E-state index contributed by atoms with van der Waals surface area (Å²) in [6.07, 6.45) is 32.1. The largest absolute Gasteiger partial charge is 0.429 e. The number of hydrogen-bond donors (Lipinski definition) is 7. The SMILES string of the molecule is C1CCOC1.COP(OC)OC.CSC1=C(SC)SC(=CC=C2SC(CS)=C(SCSC3=C(SC)SC(=CC=C4SC(CS)=C(CS)S4)S3)S2)S1.CSC1=C(SCCC#N)SC(=CC=C2SC(CS)=C(CS)S2)S1.CSc1sc(=S)sc1SCCC#N.N#CCCBr.N#CCCSc1sc(=S)sc1SCCC#N.O=CC=C1SC(CS)=C(CS)S1.S=c1sc([S-])c([S-])s1.S=c1sc([S-])c([S-])s1.[Zn]. The van der Waals surface area contributed by atoms with Gasteiger partial charge < -0.3 is 114 Å². The molecule has 12 heterocycles. The van der Waals surface area contributed by atoms with Crippen LogP contribution in [0.2, 0.25) is 0 Å². The number of hydrogen-bond acceptors (Lipinski definition) is 58. The van der Waals surface area contributed by atoms with Gasteiger partial charge in [-0.15, -0.1) is 216 Å². The maximum absolute atomic E-state index is 10.2. The number of alkyl halides is 1. The summed E-state index contributed by atoms with van der Waals surface area (Å²) in [5.41, 5.74) is 0. The summed E-state index contributed by atoms with van der Waals surface area (Å²) in [6, 6.07) is 10.6. The third-order valence-corrected chi connectivity index (χ3v) is 64.1. The summed E-state index contributed by atoms with van der Waals surface area (Å²) in [7, 11) is 3.57. The summed E-state index contributed by atoms with van der Waals surface area (Å²) in [6.45, 7) is 2.00. The Kier molecular flexibility index (Phi) is 91.5. The van der Waals surface area contributed by atoms with Gasteiger partial charge >= 0.3 is 8.60 Å². The molecule has 0 unspecified atom stereocenters. The molecule has 4 aromatic heterocycles. The molecule has 0 aliphatic carbocycles. The number of allylic oxidation sites excluding steroid dienone is 7. The minimum absolute atomic E-state index is 0. The summed E-state index contributed by atoms with van der Waals surface area (Å²) in [5.74, 6) is 8.72. The maximum Gasteiger partial charge on any atom is 0.331 e. The molecule has 0 spiro atoms. The van der Waals surface area contributed by atoms with Gasteiger partial charge in [0.2, 0.25) is 0 Å². The van der Waals surface area contributed by atoms with Crippen LogP contribution in [0.15, 0.2) is 170 Å². The molecular formula is C76H83BrN5O5PS48Zn-4. The molecule has 0 atom stereocenters. The molecule has 0 bridgehead atoms. The van der Waals surface area contributed by atoms with Gasteiger partial charge in [-0.25, -0.2) is 0 Å². The average Bonchev–Trinajstić information content (AvgIpc) is 1.67. The zero-order chi connectivity index (χ0) is 101. The Balaban J connectivity index is 0.000000557. The second kappa shape index (κ2) is 88.9. The van der Waals surface area contributed by atoms with Crippen LogP contribution in [-0.2, 0) is 93.1 Å².